The fourth-order valence-corrected chi connectivity index (χ4v) is 2.95. The first-order valence-electron chi connectivity index (χ1n) is 8.89. The number of anilines is 2. The first kappa shape index (κ1) is 18.6. The maximum atomic E-state index is 12.2. The molecule has 6 heteroatoms. The molecule has 0 spiro atoms. The molecule has 1 aliphatic heterocycles. The van der Waals surface area contributed by atoms with Gasteiger partial charge in [-0.15, -0.1) is 0 Å². The van der Waals surface area contributed by atoms with Crippen LogP contribution < -0.4 is 10.2 Å². The molecule has 0 bridgehead atoms. The topological polar surface area (TPSA) is 75.7 Å². The van der Waals surface area contributed by atoms with Gasteiger partial charge >= 0.3 is 5.97 Å². The van der Waals surface area contributed by atoms with Gasteiger partial charge in [-0.3, -0.25) is 9.59 Å². The van der Waals surface area contributed by atoms with E-state index < -0.39 is 11.9 Å². The van der Waals surface area contributed by atoms with Gasteiger partial charge < -0.3 is 15.0 Å². The minimum atomic E-state index is -0.598. The molecule has 2 amide bonds. The lowest BCUT2D eigenvalue weighted by molar-refractivity contribution is -0.119. The molecule has 3 rings (SSSR count). The molecule has 0 atom stereocenters. The third kappa shape index (κ3) is 4.53. The Morgan fingerprint density at radius 2 is 1.93 bits per heavy atom. The predicted octanol–water partition coefficient (Wildman–Crippen LogP) is 3.23. The highest BCUT2D eigenvalue weighted by molar-refractivity contribution is 5.98. The number of esters is 1. The molecule has 1 fully saturated rings. The molecular weight excluding hydrogens is 344 g/mol. The number of ether oxygens (including phenoxy) is 1. The van der Waals surface area contributed by atoms with E-state index in [0.717, 1.165) is 17.5 Å². The van der Waals surface area contributed by atoms with Crippen molar-refractivity contribution < 1.29 is 19.1 Å². The average Bonchev–Trinajstić information content (AvgIpc) is 3.09. The van der Waals surface area contributed by atoms with Gasteiger partial charge in [-0.25, -0.2) is 4.79 Å². The molecule has 2 aromatic carbocycles. The van der Waals surface area contributed by atoms with Crippen molar-refractivity contribution in [3.8, 4) is 0 Å². The number of carbonyl (C=O) groups excluding carboxylic acids is 3. The summed E-state index contributed by atoms with van der Waals surface area (Å²) in [4.78, 5) is 37.8. The highest BCUT2D eigenvalue weighted by Crippen LogP contribution is 2.22. The Balaban J connectivity index is 1.58. The van der Waals surface area contributed by atoms with Crippen molar-refractivity contribution in [1.29, 1.82) is 0 Å². The molecule has 1 saturated heterocycles. The van der Waals surface area contributed by atoms with Crippen LogP contribution in [0.15, 0.2) is 42.5 Å². The van der Waals surface area contributed by atoms with Gasteiger partial charge in [0.1, 0.15) is 0 Å². The van der Waals surface area contributed by atoms with E-state index in [1.807, 2.05) is 26.0 Å². The zero-order valence-corrected chi connectivity index (χ0v) is 15.5. The summed E-state index contributed by atoms with van der Waals surface area (Å²) in [7, 11) is 0. The number of hydrogen-bond donors (Lipinski definition) is 1. The highest BCUT2D eigenvalue weighted by atomic mass is 16.5. The van der Waals surface area contributed by atoms with Crippen molar-refractivity contribution >= 4 is 29.2 Å². The summed E-state index contributed by atoms with van der Waals surface area (Å²) in [5.74, 6) is -0.954. The molecule has 1 heterocycles. The van der Waals surface area contributed by atoms with Crippen LogP contribution in [-0.2, 0) is 14.3 Å². The molecular formula is C21H22N2O4. The van der Waals surface area contributed by atoms with Crippen molar-refractivity contribution in [3.63, 3.8) is 0 Å². The number of aryl methyl sites for hydroxylation is 2. The van der Waals surface area contributed by atoms with Gasteiger partial charge in [0.05, 0.1) is 5.56 Å². The first-order valence-corrected chi connectivity index (χ1v) is 8.89. The summed E-state index contributed by atoms with van der Waals surface area (Å²) in [5, 5.41) is 2.71. The number of nitrogens with zero attached hydrogens (tertiary/aromatic N) is 1. The Kier molecular flexibility index (Phi) is 5.54. The van der Waals surface area contributed by atoms with Gasteiger partial charge in [0, 0.05) is 24.3 Å². The zero-order chi connectivity index (χ0) is 19.4. The van der Waals surface area contributed by atoms with Crippen LogP contribution in [0.3, 0.4) is 0 Å². The van der Waals surface area contributed by atoms with Crippen LogP contribution in [0.1, 0.15) is 34.3 Å². The lowest BCUT2D eigenvalue weighted by Crippen LogP contribution is -2.24. The lowest BCUT2D eigenvalue weighted by atomic mass is 10.1. The number of amides is 2. The van der Waals surface area contributed by atoms with E-state index in [-0.39, 0.29) is 12.5 Å². The molecule has 27 heavy (non-hydrogen) atoms. The van der Waals surface area contributed by atoms with Crippen LogP contribution in [-0.4, -0.2) is 30.9 Å². The highest BCUT2D eigenvalue weighted by Gasteiger charge is 2.22. The quantitative estimate of drug-likeness (QED) is 0.825. The minimum Gasteiger partial charge on any atom is -0.452 e. The Hall–Kier alpha value is -3.15. The van der Waals surface area contributed by atoms with E-state index in [2.05, 4.69) is 5.32 Å². The maximum absolute atomic E-state index is 12.2. The second-order valence-electron chi connectivity index (χ2n) is 6.62. The van der Waals surface area contributed by atoms with Crippen LogP contribution in [0, 0.1) is 13.8 Å². The number of hydrogen-bond acceptors (Lipinski definition) is 4. The number of carbonyl (C=O) groups is 3. The lowest BCUT2D eigenvalue weighted by Gasteiger charge is -2.16. The zero-order valence-electron chi connectivity index (χ0n) is 15.5. The van der Waals surface area contributed by atoms with Crippen molar-refractivity contribution in [2.45, 2.75) is 26.7 Å². The van der Waals surface area contributed by atoms with Crippen LogP contribution in [0.2, 0.25) is 0 Å². The molecule has 0 radical (unpaired) electrons. The molecule has 1 aliphatic rings. The fraction of sp³-hybridized carbons (Fsp3) is 0.286. The summed E-state index contributed by atoms with van der Waals surface area (Å²) < 4.78 is 5.11. The molecule has 0 aromatic heterocycles. The third-order valence-electron chi connectivity index (χ3n) is 4.59. The van der Waals surface area contributed by atoms with E-state index >= 15 is 0 Å². The first-order chi connectivity index (χ1) is 12.9. The predicted molar refractivity (Wildman–Crippen MR) is 103 cm³/mol. The Bertz CT molecular complexity index is 892. The summed E-state index contributed by atoms with van der Waals surface area (Å²) in [6.07, 6.45) is 1.33. The molecule has 0 unspecified atom stereocenters. The van der Waals surface area contributed by atoms with Crippen LogP contribution in [0.25, 0.3) is 0 Å². The van der Waals surface area contributed by atoms with E-state index in [0.29, 0.717) is 29.9 Å². The second kappa shape index (κ2) is 8.03. The number of benzene rings is 2. The van der Waals surface area contributed by atoms with E-state index in [4.69, 9.17) is 4.74 Å². The SMILES string of the molecule is Cc1ccc(NC(=O)COC(=O)c2cccc(N3CCCC3=O)c2)cc1C. The standard InChI is InChI=1S/C21H22N2O4/c1-14-8-9-17(11-15(14)2)22-19(24)13-27-21(26)16-5-3-6-18(12-16)23-10-4-7-20(23)25/h3,5-6,8-9,11-12H,4,7,10,13H2,1-2H3,(H,22,24). The van der Waals surface area contributed by atoms with Crippen LogP contribution in [0.5, 0.6) is 0 Å². The van der Waals surface area contributed by atoms with Gasteiger partial charge in [-0.05, 0) is 61.7 Å². The van der Waals surface area contributed by atoms with Crippen LogP contribution >= 0.6 is 0 Å². The smallest absolute Gasteiger partial charge is 0.338 e. The van der Waals surface area contributed by atoms with Crippen LogP contribution in [0.4, 0.5) is 11.4 Å². The maximum Gasteiger partial charge on any atom is 0.338 e. The second-order valence-corrected chi connectivity index (χ2v) is 6.62. The molecule has 0 saturated carbocycles. The Labute approximate surface area is 158 Å². The Morgan fingerprint density at radius 1 is 1.11 bits per heavy atom. The number of nitrogens with one attached hydrogen (secondary N) is 1. The monoisotopic (exact) mass is 366 g/mol. The van der Waals surface area contributed by atoms with Gasteiger partial charge in [0.25, 0.3) is 5.91 Å². The molecule has 1 N–H and O–H groups in total. The van der Waals surface area contributed by atoms with Gasteiger partial charge in [0.15, 0.2) is 6.61 Å². The van der Waals surface area contributed by atoms with E-state index in [1.165, 1.54) is 0 Å². The van der Waals surface area contributed by atoms with Gasteiger partial charge in [0.2, 0.25) is 5.91 Å². The molecule has 2 aromatic rings. The Morgan fingerprint density at radius 3 is 2.63 bits per heavy atom. The molecule has 140 valence electrons. The van der Waals surface area contributed by atoms with Gasteiger partial charge in [-0.1, -0.05) is 12.1 Å². The van der Waals surface area contributed by atoms with Crippen molar-refractivity contribution in [2.24, 2.45) is 0 Å². The van der Waals surface area contributed by atoms with E-state index in [9.17, 15) is 14.4 Å². The molecule has 0 aliphatic carbocycles. The normalized spacial score (nSPS) is 13.6. The molecule has 6 nitrogen and oxygen atoms in total. The summed E-state index contributed by atoms with van der Waals surface area (Å²) in [6.45, 7) is 4.23. The van der Waals surface area contributed by atoms with Crippen molar-refractivity contribution in [3.05, 3.63) is 59.2 Å². The average molecular weight is 366 g/mol. The fourth-order valence-electron chi connectivity index (χ4n) is 2.95. The van der Waals surface area contributed by atoms with Crippen molar-refractivity contribution in [1.82, 2.24) is 0 Å². The summed E-state index contributed by atoms with van der Waals surface area (Å²) in [5.41, 5.74) is 3.85. The van der Waals surface area contributed by atoms with Crippen molar-refractivity contribution in [2.75, 3.05) is 23.4 Å². The third-order valence-corrected chi connectivity index (χ3v) is 4.59. The minimum absolute atomic E-state index is 0.0493. The van der Waals surface area contributed by atoms with Gasteiger partial charge in [-0.2, -0.15) is 0 Å². The largest absolute Gasteiger partial charge is 0.452 e. The van der Waals surface area contributed by atoms with E-state index in [1.54, 1.807) is 35.2 Å². The summed E-state index contributed by atoms with van der Waals surface area (Å²) in [6, 6.07) is 12.3. The summed E-state index contributed by atoms with van der Waals surface area (Å²) >= 11 is 0. The number of rotatable bonds is 5.